The largest absolute Gasteiger partial charge is 0.439 e. The lowest BCUT2D eigenvalue weighted by Gasteiger charge is -2.23. The molecule has 90 valence electrons. The summed E-state index contributed by atoms with van der Waals surface area (Å²) in [5.74, 6) is 0.839. The minimum Gasteiger partial charge on any atom is -0.439 e. The van der Waals surface area contributed by atoms with E-state index in [0.717, 1.165) is 40.8 Å². The number of halogens is 1. The second-order valence-corrected chi connectivity index (χ2v) is 5.51. The molecule has 0 radical (unpaired) electrons. The fourth-order valence-corrected chi connectivity index (χ4v) is 2.90. The molecule has 0 aliphatic carbocycles. The van der Waals surface area contributed by atoms with Gasteiger partial charge < -0.3 is 9.73 Å². The highest BCUT2D eigenvalue weighted by molar-refractivity contribution is 9.10. The lowest BCUT2D eigenvalue weighted by Crippen LogP contribution is -2.36. The van der Waals surface area contributed by atoms with E-state index in [0.29, 0.717) is 0 Å². The van der Waals surface area contributed by atoms with Crippen molar-refractivity contribution < 1.29 is 4.42 Å². The molecular formula is C13H15BrN2O. The fraction of sp³-hybridized carbons (Fsp3) is 0.462. The first-order valence-corrected chi connectivity index (χ1v) is 6.84. The van der Waals surface area contributed by atoms with Gasteiger partial charge in [0.2, 0.25) is 5.89 Å². The van der Waals surface area contributed by atoms with Crippen LogP contribution in [0.1, 0.15) is 32.1 Å². The van der Waals surface area contributed by atoms with E-state index in [1.807, 2.05) is 18.2 Å². The second-order valence-electron chi connectivity index (χ2n) is 4.60. The Morgan fingerprint density at radius 2 is 2.41 bits per heavy atom. The summed E-state index contributed by atoms with van der Waals surface area (Å²) in [5, 5.41) is 3.54. The SMILES string of the molecule is CCC1(c2nc3cc(Br)ccc3o2)CCCN1. The Kier molecular flexibility index (Phi) is 2.71. The Labute approximate surface area is 109 Å². The smallest absolute Gasteiger partial charge is 0.215 e. The molecule has 0 bridgehead atoms. The number of rotatable bonds is 2. The van der Waals surface area contributed by atoms with Crippen LogP contribution in [0, 0.1) is 0 Å². The molecule has 2 heterocycles. The van der Waals surface area contributed by atoms with Crippen LogP contribution < -0.4 is 5.32 Å². The fourth-order valence-electron chi connectivity index (χ4n) is 2.55. The van der Waals surface area contributed by atoms with Crippen molar-refractivity contribution in [2.75, 3.05) is 6.54 Å². The van der Waals surface area contributed by atoms with Gasteiger partial charge in [-0.25, -0.2) is 4.98 Å². The predicted molar refractivity (Wildman–Crippen MR) is 70.9 cm³/mol. The van der Waals surface area contributed by atoms with Gasteiger partial charge in [0.15, 0.2) is 5.58 Å². The molecule has 1 aromatic carbocycles. The number of benzene rings is 1. The highest BCUT2D eigenvalue weighted by Crippen LogP contribution is 2.35. The molecule has 0 amide bonds. The van der Waals surface area contributed by atoms with Crippen LogP contribution in [0.15, 0.2) is 27.1 Å². The van der Waals surface area contributed by atoms with E-state index in [9.17, 15) is 0 Å². The molecule has 1 saturated heterocycles. The zero-order valence-corrected chi connectivity index (χ0v) is 11.4. The summed E-state index contributed by atoms with van der Waals surface area (Å²) in [6, 6.07) is 5.95. The van der Waals surface area contributed by atoms with Crippen molar-refractivity contribution in [3.05, 3.63) is 28.6 Å². The van der Waals surface area contributed by atoms with Crippen LogP contribution in [0.3, 0.4) is 0 Å². The number of nitrogens with zero attached hydrogens (tertiary/aromatic N) is 1. The summed E-state index contributed by atoms with van der Waals surface area (Å²) in [6.45, 7) is 3.24. The molecule has 17 heavy (non-hydrogen) atoms. The Morgan fingerprint density at radius 3 is 3.12 bits per heavy atom. The normalized spacial score (nSPS) is 24.6. The molecule has 1 N–H and O–H groups in total. The Bertz CT molecular complexity index is 543. The average molecular weight is 295 g/mol. The number of hydrogen-bond donors (Lipinski definition) is 1. The van der Waals surface area contributed by atoms with Crippen molar-refractivity contribution in [3.8, 4) is 0 Å². The van der Waals surface area contributed by atoms with Crippen LogP contribution >= 0.6 is 15.9 Å². The molecule has 2 aromatic rings. The van der Waals surface area contributed by atoms with Gasteiger partial charge in [-0.1, -0.05) is 22.9 Å². The van der Waals surface area contributed by atoms with Crippen molar-refractivity contribution in [2.24, 2.45) is 0 Å². The highest BCUT2D eigenvalue weighted by Gasteiger charge is 2.38. The molecule has 1 aromatic heterocycles. The molecule has 1 aliphatic heterocycles. The van der Waals surface area contributed by atoms with Gasteiger partial charge in [0, 0.05) is 4.47 Å². The monoisotopic (exact) mass is 294 g/mol. The average Bonchev–Trinajstić information content (AvgIpc) is 2.94. The van der Waals surface area contributed by atoms with E-state index in [2.05, 4.69) is 33.2 Å². The molecule has 3 rings (SSSR count). The maximum absolute atomic E-state index is 5.91. The van der Waals surface area contributed by atoms with Gasteiger partial charge in [-0.2, -0.15) is 0 Å². The van der Waals surface area contributed by atoms with Crippen LogP contribution in [0.5, 0.6) is 0 Å². The third-order valence-electron chi connectivity index (χ3n) is 3.61. The van der Waals surface area contributed by atoms with E-state index < -0.39 is 0 Å². The standard InChI is InChI=1S/C13H15BrN2O/c1-2-13(6-3-7-15-13)12-16-10-8-9(14)4-5-11(10)17-12/h4-5,8,15H,2-3,6-7H2,1H3. The van der Waals surface area contributed by atoms with Crippen molar-refractivity contribution >= 4 is 27.0 Å². The highest BCUT2D eigenvalue weighted by atomic mass is 79.9. The molecule has 0 spiro atoms. The van der Waals surface area contributed by atoms with Gasteiger partial charge >= 0.3 is 0 Å². The summed E-state index contributed by atoms with van der Waals surface area (Å²) in [4.78, 5) is 4.64. The van der Waals surface area contributed by atoms with Crippen molar-refractivity contribution in [2.45, 2.75) is 31.7 Å². The van der Waals surface area contributed by atoms with Crippen molar-refractivity contribution in [1.29, 1.82) is 0 Å². The molecular weight excluding hydrogens is 280 g/mol. The lowest BCUT2D eigenvalue weighted by atomic mass is 9.94. The van der Waals surface area contributed by atoms with Gasteiger partial charge in [-0.15, -0.1) is 0 Å². The van der Waals surface area contributed by atoms with Gasteiger partial charge in [0.05, 0.1) is 5.54 Å². The molecule has 1 aliphatic rings. The summed E-state index contributed by atoms with van der Waals surface area (Å²) in [5.41, 5.74) is 1.74. The maximum atomic E-state index is 5.91. The Hall–Kier alpha value is -0.870. The zero-order valence-electron chi connectivity index (χ0n) is 9.79. The van der Waals surface area contributed by atoms with E-state index in [1.54, 1.807) is 0 Å². The summed E-state index contributed by atoms with van der Waals surface area (Å²) >= 11 is 3.46. The molecule has 1 atom stereocenters. The number of nitrogens with one attached hydrogen (secondary N) is 1. The van der Waals surface area contributed by atoms with Gasteiger partial charge in [-0.3, -0.25) is 0 Å². The summed E-state index contributed by atoms with van der Waals surface area (Å²) < 4.78 is 6.94. The van der Waals surface area contributed by atoms with Crippen LogP contribution in [0.2, 0.25) is 0 Å². The van der Waals surface area contributed by atoms with E-state index in [4.69, 9.17) is 4.42 Å². The maximum Gasteiger partial charge on any atom is 0.215 e. The first-order chi connectivity index (χ1) is 8.23. The van der Waals surface area contributed by atoms with Gasteiger partial charge in [0.25, 0.3) is 0 Å². The second kappa shape index (κ2) is 4.10. The number of fused-ring (bicyclic) bond motifs is 1. The summed E-state index contributed by atoms with van der Waals surface area (Å²) in [7, 11) is 0. The van der Waals surface area contributed by atoms with E-state index >= 15 is 0 Å². The van der Waals surface area contributed by atoms with Gasteiger partial charge in [-0.05, 0) is 44.0 Å². The van der Waals surface area contributed by atoms with Gasteiger partial charge in [0.1, 0.15) is 5.52 Å². The Balaban J connectivity index is 2.11. The molecule has 1 fully saturated rings. The molecule has 0 saturated carbocycles. The van der Waals surface area contributed by atoms with Crippen molar-refractivity contribution in [1.82, 2.24) is 10.3 Å². The summed E-state index contributed by atoms with van der Waals surface area (Å²) in [6.07, 6.45) is 3.31. The molecule has 4 heteroatoms. The number of oxazole rings is 1. The van der Waals surface area contributed by atoms with E-state index in [1.165, 1.54) is 6.42 Å². The topological polar surface area (TPSA) is 38.1 Å². The van der Waals surface area contributed by atoms with Crippen LogP contribution in [-0.4, -0.2) is 11.5 Å². The van der Waals surface area contributed by atoms with Crippen LogP contribution in [-0.2, 0) is 5.54 Å². The quantitative estimate of drug-likeness (QED) is 0.920. The molecule has 3 nitrogen and oxygen atoms in total. The third kappa shape index (κ3) is 1.79. The number of aromatic nitrogens is 1. The predicted octanol–water partition coefficient (Wildman–Crippen LogP) is 3.58. The van der Waals surface area contributed by atoms with Crippen molar-refractivity contribution in [3.63, 3.8) is 0 Å². The molecule has 1 unspecified atom stereocenters. The minimum atomic E-state index is -0.0501. The van der Waals surface area contributed by atoms with Crippen LogP contribution in [0.25, 0.3) is 11.1 Å². The first-order valence-electron chi connectivity index (χ1n) is 6.05. The number of hydrogen-bond acceptors (Lipinski definition) is 3. The minimum absolute atomic E-state index is 0.0501. The third-order valence-corrected chi connectivity index (χ3v) is 4.10. The van der Waals surface area contributed by atoms with E-state index in [-0.39, 0.29) is 5.54 Å². The zero-order chi connectivity index (χ0) is 11.9. The lowest BCUT2D eigenvalue weighted by molar-refractivity contribution is 0.292. The first kappa shape index (κ1) is 11.2. The van der Waals surface area contributed by atoms with Crippen LogP contribution in [0.4, 0.5) is 0 Å². The Morgan fingerprint density at radius 1 is 1.53 bits per heavy atom.